The molecule has 1 spiro atoms. The van der Waals surface area contributed by atoms with E-state index in [0.717, 1.165) is 29.9 Å². The van der Waals surface area contributed by atoms with Crippen LogP contribution in [0.5, 0.6) is 5.88 Å². The number of benzene rings is 1. The molecule has 1 aliphatic heterocycles. The molecule has 1 saturated carbocycles. The first-order valence-corrected chi connectivity index (χ1v) is 6.13. The molecule has 1 aromatic heterocycles. The molecular formula is C12H12ClN3O. The molecular weight excluding hydrogens is 238 g/mol. The second-order valence-corrected chi connectivity index (χ2v) is 5.55. The van der Waals surface area contributed by atoms with E-state index in [1.165, 1.54) is 12.8 Å². The summed E-state index contributed by atoms with van der Waals surface area (Å²) in [6, 6.07) is 3.65. The van der Waals surface area contributed by atoms with Crippen LogP contribution in [0, 0.1) is 5.41 Å². The lowest BCUT2D eigenvalue weighted by Crippen LogP contribution is -2.26. The fourth-order valence-electron chi connectivity index (χ4n) is 2.47. The van der Waals surface area contributed by atoms with Gasteiger partial charge in [-0.05, 0) is 25.0 Å². The van der Waals surface area contributed by atoms with E-state index >= 15 is 0 Å². The molecule has 2 aliphatic rings. The number of nitrogens with two attached hydrogens (primary N) is 1. The number of rotatable bonds is 0. The first kappa shape index (κ1) is 9.59. The van der Waals surface area contributed by atoms with Crippen LogP contribution in [-0.4, -0.2) is 16.4 Å². The van der Waals surface area contributed by atoms with Crippen LogP contribution >= 0.6 is 11.6 Å². The number of aromatic nitrogens is 2. The largest absolute Gasteiger partial charge is 0.477 e. The lowest BCUT2D eigenvalue weighted by molar-refractivity contribution is 0.151. The van der Waals surface area contributed by atoms with Gasteiger partial charge in [0.2, 0.25) is 5.88 Å². The molecule has 4 nitrogen and oxygen atoms in total. The van der Waals surface area contributed by atoms with Gasteiger partial charge in [0.25, 0.3) is 0 Å². The van der Waals surface area contributed by atoms with Gasteiger partial charge in [-0.1, -0.05) is 11.6 Å². The Kier molecular flexibility index (Phi) is 1.62. The number of anilines is 1. The molecule has 4 rings (SSSR count). The van der Waals surface area contributed by atoms with Crippen LogP contribution in [0.4, 0.5) is 5.69 Å². The van der Waals surface area contributed by atoms with Gasteiger partial charge < -0.3 is 10.5 Å². The molecule has 2 aromatic rings. The van der Waals surface area contributed by atoms with Gasteiger partial charge in [0.15, 0.2) is 0 Å². The van der Waals surface area contributed by atoms with Crippen molar-refractivity contribution in [2.75, 3.05) is 12.3 Å². The number of ether oxygens (including phenoxy) is 1. The van der Waals surface area contributed by atoms with Crippen molar-refractivity contribution in [2.24, 2.45) is 5.41 Å². The van der Waals surface area contributed by atoms with Crippen molar-refractivity contribution in [3.63, 3.8) is 0 Å². The minimum atomic E-state index is 0.352. The Balaban J connectivity index is 1.94. The van der Waals surface area contributed by atoms with Crippen LogP contribution in [0.15, 0.2) is 12.1 Å². The van der Waals surface area contributed by atoms with Gasteiger partial charge in [-0.15, -0.1) is 0 Å². The number of halogens is 1. The van der Waals surface area contributed by atoms with E-state index in [-0.39, 0.29) is 0 Å². The summed E-state index contributed by atoms with van der Waals surface area (Å²) in [4.78, 5) is 0. The molecule has 88 valence electrons. The second kappa shape index (κ2) is 2.88. The maximum Gasteiger partial charge on any atom is 0.220 e. The molecule has 0 radical (unpaired) electrons. The van der Waals surface area contributed by atoms with Crippen LogP contribution < -0.4 is 10.5 Å². The SMILES string of the molecule is Nc1cc2c3n(nc2cc1Cl)CC1(CC1)CO3. The van der Waals surface area contributed by atoms with Crippen molar-refractivity contribution in [1.82, 2.24) is 9.78 Å². The van der Waals surface area contributed by atoms with E-state index in [4.69, 9.17) is 22.1 Å². The fourth-order valence-corrected chi connectivity index (χ4v) is 2.63. The molecule has 0 bridgehead atoms. The molecule has 1 fully saturated rings. The predicted octanol–water partition coefficient (Wildman–Crippen LogP) is 2.44. The highest BCUT2D eigenvalue weighted by Crippen LogP contribution is 2.51. The van der Waals surface area contributed by atoms with Crippen molar-refractivity contribution < 1.29 is 4.74 Å². The Bertz CT molecular complexity index is 630. The molecule has 1 aliphatic carbocycles. The maximum absolute atomic E-state index is 6.00. The molecule has 2 heterocycles. The highest BCUT2D eigenvalue weighted by atomic mass is 35.5. The predicted molar refractivity (Wildman–Crippen MR) is 66.3 cm³/mol. The quantitative estimate of drug-likeness (QED) is 0.730. The molecule has 1 aromatic carbocycles. The summed E-state index contributed by atoms with van der Waals surface area (Å²) in [5, 5.41) is 6.05. The van der Waals surface area contributed by atoms with E-state index in [1.54, 1.807) is 6.07 Å². The number of fused-ring (bicyclic) bond motifs is 3. The van der Waals surface area contributed by atoms with E-state index in [0.29, 0.717) is 16.1 Å². The van der Waals surface area contributed by atoms with Crippen LogP contribution in [-0.2, 0) is 6.54 Å². The Morgan fingerprint density at radius 1 is 1.41 bits per heavy atom. The summed E-state index contributed by atoms with van der Waals surface area (Å²) >= 11 is 6.00. The molecule has 17 heavy (non-hydrogen) atoms. The van der Waals surface area contributed by atoms with Crippen LogP contribution in [0.3, 0.4) is 0 Å². The summed E-state index contributed by atoms with van der Waals surface area (Å²) < 4.78 is 7.81. The average molecular weight is 250 g/mol. The smallest absolute Gasteiger partial charge is 0.220 e. The third-order valence-electron chi connectivity index (χ3n) is 3.77. The summed E-state index contributed by atoms with van der Waals surface area (Å²) in [5.74, 6) is 0.834. The zero-order valence-corrected chi connectivity index (χ0v) is 10.00. The van der Waals surface area contributed by atoms with Gasteiger partial charge in [-0.3, -0.25) is 0 Å². The molecule has 0 saturated heterocycles. The molecule has 5 heteroatoms. The first-order valence-electron chi connectivity index (χ1n) is 5.75. The number of nitrogen functional groups attached to an aromatic ring is 1. The van der Waals surface area contributed by atoms with E-state index in [1.807, 2.05) is 10.7 Å². The number of nitrogens with zero attached hydrogens (tertiary/aromatic N) is 2. The van der Waals surface area contributed by atoms with Gasteiger partial charge >= 0.3 is 0 Å². The normalized spacial score (nSPS) is 20.3. The third kappa shape index (κ3) is 1.27. The van der Waals surface area contributed by atoms with Crippen molar-refractivity contribution in [3.05, 3.63) is 17.2 Å². The Labute approximate surface area is 103 Å². The van der Waals surface area contributed by atoms with Gasteiger partial charge in [0.05, 0.1) is 34.8 Å². The Morgan fingerprint density at radius 2 is 2.24 bits per heavy atom. The summed E-state index contributed by atoms with van der Waals surface area (Å²) in [6.45, 7) is 1.75. The van der Waals surface area contributed by atoms with Gasteiger partial charge in [0, 0.05) is 5.41 Å². The van der Waals surface area contributed by atoms with Crippen molar-refractivity contribution in [1.29, 1.82) is 0 Å². The summed E-state index contributed by atoms with van der Waals surface area (Å²) in [7, 11) is 0. The standard InChI is InChI=1S/C12H12ClN3O/c13-8-4-10-7(3-9(8)14)11-16(15-10)5-12(1-2-12)6-17-11/h3-4H,1-2,5-6,14H2. The van der Waals surface area contributed by atoms with Crippen LogP contribution in [0.25, 0.3) is 10.9 Å². The lowest BCUT2D eigenvalue weighted by Gasteiger charge is -2.23. The second-order valence-electron chi connectivity index (χ2n) is 5.14. The van der Waals surface area contributed by atoms with Gasteiger partial charge in [-0.2, -0.15) is 5.10 Å². The number of hydrogen-bond donors (Lipinski definition) is 1. The van der Waals surface area contributed by atoms with E-state index in [9.17, 15) is 0 Å². The Morgan fingerprint density at radius 3 is 3.00 bits per heavy atom. The van der Waals surface area contributed by atoms with E-state index < -0.39 is 0 Å². The van der Waals surface area contributed by atoms with E-state index in [2.05, 4.69) is 5.10 Å². The van der Waals surface area contributed by atoms with Crippen LogP contribution in [0.1, 0.15) is 12.8 Å². The summed E-state index contributed by atoms with van der Waals surface area (Å²) in [6.07, 6.45) is 2.48. The van der Waals surface area contributed by atoms with Crippen molar-refractivity contribution in [2.45, 2.75) is 19.4 Å². The highest BCUT2D eigenvalue weighted by molar-refractivity contribution is 6.33. The van der Waals surface area contributed by atoms with Gasteiger partial charge in [-0.25, -0.2) is 4.68 Å². The minimum Gasteiger partial charge on any atom is -0.477 e. The molecule has 2 N–H and O–H groups in total. The number of hydrogen-bond acceptors (Lipinski definition) is 3. The monoisotopic (exact) mass is 249 g/mol. The van der Waals surface area contributed by atoms with Crippen molar-refractivity contribution in [3.8, 4) is 5.88 Å². The molecule has 0 atom stereocenters. The highest BCUT2D eigenvalue weighted by Gasteiger charge is 2.47. The van der Waals surface area contributed by atoms with Gasteiger partial charge in [0.1, 0.15) is 0 Å². The summed E-state index contributed by atoms with van der Waals surface area (Å²) in [5.41, 5.74) is 7.60. The Hall–Kier alpha value is -1.42. The first-order chi connectivity index (χ1) is 8.17. The maximum atomic E-state index is 6.00. The minimum absolute atomic E-state index is 0.352. The fraction of sp³-hybridized carbons (Fsp3) is 0.417. The molecule has 0 amide bonds. The third-order valence-corrected chi connectivity index (χ3v) is 4.09. The topological polar surface area (TPSA) is 53.1 Å². The molecule has 0 unspecified atom stereocenters. The average Bonchev–Trinajstić information content (AvgIpc) is 2.95. The lowest BCUT2D eigenvalue weighted by atomic mass is 10.1. The van der Waals surface area contributed by atoms with Crippen molar-refractivity contribution >= 4 is 28.2 Å². The zero-order chi connectivity index (χ0) is 11.6. The van der Waals surface area contributed by atoms with Crippen LogP contribution in [0.2, 0.25) is 5.02 Å². The zero-order valence-electron chi connectivity index (χ0n) is 9.24.